The molecule has 0 unspecified atom stereocenters. The van der Waals surface area contributed by atoms with Gasteiger partial charge in [-0.05, 0) is 50.8 Å². The summed E-state index contributed by atoms with van der Waals surface area (Å²) in [5.74, 6) is 1.28. The van der Waals surface area contributed by atoms with E-state index in [-0.39, 0.29) is 11.9 Å². The fourth-order valence-corrected chi connectivity index (χ4v) is 3.39. The molecule has 27 heavy (non-hydrogen) atoms. The van der Waals surface area contributed by atoms with Crippen molar-refractivity contribution in [3.63, 3.8) is 0 Å². The lowest BCUT2D eigenvalue weighted by atomic mass is 10.1. The van der Waals surface area contributed by atoms with Gasteiger partial charge in [-0.15, -0.1) is 10.2 Å². The van der Waals surface area contributed by atoms with Crippen molar-refractivity contribution in [2.75, 3.05) is 0 Å². The Labute approximate surface area is 159 Å². The van der Waals surface area contributed by atoms with Crippen LogP contribution in [0.2, 0.25) is 0 Å². The van der Waals surface area contributed by atoms with Crippen LogP contribution in [0.1, 0.15) is 56.0 Å². The summed E-state index contributed by atoms with van der Waals surface area (Å²) >= 11 is 0. The van der Waals surface area contributed by atoms with Gasteiger partial charge in [0.15, 0.2) is 11.5 Å². The lowest BCUT2D eigenvalue weighted by Crippen LogP contribution is -2.28. The highest BCUT2D eigenvalue weighted by Crippen LogP contribution is 2.17. The number of nitrogens with one attached hydrogen (secondary N) is 1. The third kappa shape index (κ3) is 4.18. The molecule has 3 aromatic rings. The highest BCUT2D eigenvalue weighted by atomic mass is 16.1. The van der Waals surface area contributed by atoms with Crippen molar-refractivity contribution >= 4 is 11.6 Å². The summed E-state index contributed by atoms with van der Waals surface area (Å²) in [5, 5.41) is 16.0. The predicted molar refractivity (Wildman–Crippen MR) is 104 cm³/mol. The minimum Gasteiger partial charge on any atom is -0.346 e. The van der Waals surface area contributed by atoms with Crippen LogP contribution in [0, 0.1) is 19.8 Å². The van der Waals surface area contributed by atoms with Crippen LogP contribution in [0.3, 0.4) is 0 Å². The molecule has 0 aromatic carbocycles. The Kier molecular flexibility index (Phi) is 5.58. The molecule has 0 aliphatic rings. The first-order chi connectivity index (χ1) is 12.9. The summed E-state index contributed by atoms with van der Waals surface area (Å²) in [5.41, 5.74) is 4.12. The van der Waals surface area contributed by atoms with E-state index < -0.39 is 0 Å². The summed E-state index contributed by atoms with van der Waals surface area (Å²) in [7, 11) is 0. The normalized spacial score (nSPS) is 12.7. The van der Waals surface area contributed by atoms with Crippen molar-refractivity contribution in [2.45, 2.75) is 60.0 Å². The summed E-state index contributed by atoms with van der Waals surface area (Å²) in [6, 6.07) is 5.53. The van der Waals surface area contributed by atoms with Crippen LogP contribution in [0.25, 0.3) is 5.65 Å². The fraction of sp³-hybridized carbons (Fsp3) is 0.500. The van der Waals surface area contributed by atoms with E-state index in [0.717, 1.165) is 29.4 Å². The van der Waals surface area contributed by atoms with Crippen molar-refractivity contribution < 1.29 is 4.79 Å². The van der Waals surface area contributed by atoms with E-state index in [0.29, 0.717) is 18.8 Å². The van der Waals surface area contributed by atoms with Crippen LogP contribution in [-0.2, 0) is 17.8 Å². The van der Waals surface area contributed by atoms with E-state index >= 15 is 0 Å². The number of aryl methyl sites for hydroxylation is 1. The second-order valence-corrected chi connectivity index (χ2v) is 7.50. The zero-order chi connectivity index (χ0) is 19.6. The van der Waals surface area contributed by atoms with Gasteiger partial charge in [0.1, 0.15) is 0 Å². The summed E-state index contributed by atoms with van der Waals surface area (Å²) < 4.78 is 3.95. The number of hydrogen-bond acceptors (Lipinski definition) is 4. The number of pyridine rings is 1. The maximum atomic E-state index is 12.5. The van der Waals surface area contributed by atoms with Gasteiger partial charge in [-0.2, -0.15) is 5.10 Å². The van der Waals surface area contributed by atoms with Crippen LogP contribution in [0.5, 0.6) is 0 Å². The van der Waals surface area contributed by atoms with Gasteiger partial charge < -0.3 is 5.32 Å². The van der Waals surface area contributed by atoms with Gasteiger partial charge in [-0.25, -0.2) is 0 Å². The average molecular weight is 368 g/mol. The molecular weight excluding hydrogens is 340 g/mol. The Balaban J connectivity index is 1.62. The molecule has 0 bridgehead atoms. The summed E-state index contributed by atoms with van der Waals surface area (Å²) in [6.45, 7) is 11.3. The number of rotatable bonds is 7. The highest BCUT2D eigenvalue weighted by molar-refractivity contribution is 5.76. The molecule has 0 radical (unpaired) electrons. The number of aromatic nitrogens is 5. The predicted octanol–water partition coefficient (Wildman–Crippen LogP) is 3.01. The summed E-state index contributed by atoms with van der Waals surface area (Å²) in [6.07, 6.45) is 3.02. The molecular formula is C20H28N6O. The molecule has 144 valence electrons. The highest BCUT2D eigenvalue weighted by Gasteiger charge is 2.17. The average Bonchev–Trinajstić information content (AvgIpc) is 3.15. The molecule has 0 saturated heterocycles. The number of nitrogens with zero attached hydrogens (tertiary/aromatic N) is 5. The summed E-state index contributed by atoms with van der Waals surface area (Å²) in [4.78, 5) is 12.5. The first-order valence-electron chi connectivity index (χ1n) is 9.48. The molecule has 0 aliphatic carbocycles. The molecule has 1 N–H and O–H groups in total. The van der Waals surface area contributed by atoms with E-state index in [4.69, 9.17) is 0 Å². The Morgan fingerprint density at radius 1 is 1.19 bits per heavy atom. The van der Waals surface area contributed by atoms with Gasteiger partial charge in [0, 0.05) is 24.9 Å². The van der Waals surface area contributed by atoms with E-state index in [9.17, 15) is 4.79 Å². The monoisotopic (exact) mass is 368 g/mol. The molecule has 7 heteroatoms. The Morgan fingerprint density at radius 3 is 2.70 bits per heavy atom. The molecule has 0 aliphatic heterocycles. The smallest absolute Gasteiger partial charge is 0.220 e. The van der Waals surface area contributed by atoms with Gasteiger partial charge in [0.2, 0.25) is 5.91 Å². The fourth-order valence-electron chi connectivity index (χ4n) is 3.39. The minimum absolute atomic E-state index is 0.00518. The van der Waals surface area contributed by atoms with Gasteiger partial charge in [-0.3, -0.25) is 13.9 Å². The second-order valence-electron chi connectivity index (χ2n) is 7.50. The van der Waals surface area contributed by atoms with Crippen LogP contribution in [-0.4, -0.2) is 30.3 Å². The second kappa shape index (κ2) is 7.90. The lowest BCUT2D eigenvalue weighted by Gasteiger charge is -2.12. The minimum atomic E-state index is -0.208. The van der Waals surface area contributed by atoms with E-state index in [1.54, 1.807) is 0 Å². The first kappa shape index (κ1) is 19.1. The lowest BCUT2D eigenvalue weighted by molar-refractivity contribution is -0.121. The molecule has 7 nitrogen and oxygen atoms in total. The van der Waals surface area contributed by atoms with Gasteiger partial charge in [0.05, 0.1) is 11.7 Å². The van der Waals surface area contributed by atoms with Crippen LogP contribution in [0.15, 0.2) is 24.4 Å². The molecule has 3 rings (SSSR count). The number of fused-ring (bicyclic) bond motifs is 1. The number of carbonyl (C=O) groups excluding carboxylic acids is 1. The van der Waals surface area contributed by atoms with Crippen molar-refractivity contribution in [3.05, 3.63) is 47.2 Å². The third-order valence-corrected chi connectivity index (χ3v) is 4.78. The Morgan fingerprint density at radius 2 is 1.96 bits per heavy atom. The molecule has 3 aromatic heterocycles. The zero-order valence-corrected chi connectivity index (χ0v) is 16.7. The third-order valence-electron chi connectivity index (χ3n) is 4.78. The molecule has 0 saturated carbocycles. The van der Waals surface area contributed by atoms with Crippen molar-refractivity contribution in [1.29, 1.82) is 0 Å². The number of carbonyl (C=O) groups is 1. The van der Waals surface area contributed by atoms with Gasteiger partial charge in [-0.1, -0.05) is 19.9 Å². The first-order valence-corrected chi connectivity index (χ1v) is 9.48. The van der Waals surface area contributed by atoms with Crippen LogP contribution >= 0.6 is 0 Å². The van der Waals surface area contributed by atoms with Gasteiger partial charge >= 0.3 is 0 Å². The quantitative estimate of drug-likeness (QED) is 0.695. The topological polar surface area (TPSA) is 77.1 Å². The van der Waals surface area contributed by atoms with E-state index in [1.807, 2.05) is 42.6 Å². The number of hydrogen-bond donors (Lipinski definition) is 1. The Hall–Kier alpha value is -2.70. The maximum absolute atomic E-state index is 12.5. The maximum Gasteiger partial charge on any atom is 0.220 e. The van der Waals surface area contributed by atoms with Crippen molar-refractivity contribution in [2.24, 2.45) is 5.92 Å². The van der Waals surface area contributed by atoms with Crippen molar-refractivity contribution in [1.82, 2.24) is 29.7 Å². The molecule has 0 fully saturated rings. The molecule has 1 atom stereocenters. The zero-order valence-electron chi connectivity index (χ0n) is 16.7. The Bertz CT molecular complexity index is 939. The standard InChI is InChI=1S/C20H28N6O/c1-13(2)12-26-16(5)17(14(3)24-26)9-10-19(27)21-15(4)20-23-22-18-8-6-7-11-25(18)20/h6-8,11,13,15H,9-10,12H2,1-5H3,(H,21,27)/t15-/m0/s1. The largest absolute Gasteiger partial charge is 0.346 e. The molecule has 0 spiro atoms. The van der Waals surface area contributed by atoms with E-state index in [1.165, 1.54) is 5.56 Å². The number of amides is 1. The van der Waals surface area contributed by atoms with Crippen LogP contribution < -0.4 is 5.32 Å². The molecule has 3 heterocycles. The van der Waals surface area contributed by atoms with Crippen LogP contribution in [0.4, 0.5) is 0 Å². The van der Waals surface area contributed by atoms with E-state index in [2.05, 4.69) is 46.1 Å². The van der Waals surface area contributed by atoms with Gasteiger partial charge in [0.25, 0.3) is 0 Å². The molecule has 1 amide bonds. The van der Waals surface area contributed by atoms with Crippen molar-refractivity contribution in [3.8, 4) is 0 Å². The SMILES string of the molecule is Cc1nn(CC(C)C)c(C)c1CCC(=O)N[C@@H](C)c1nnc2ccccn12.